The molecule has 11 heteroatoms. The van der Waals surface area contributed by atoms with E-state index in [1.54, 1.807) is 17.4 Å². The summed E-state index contributed by atoms with van der Waals surface area (Å²) in [4.78, 5) is 25.9. The maximum atomic E-state index is 12.3. The average molecular weight is 523 g/mol. The van der Waals surface area contributed by atoms with Crippen molar-refractivity contribution in [3.8, 4) is 17.1 Å². The number of nitrogens with one attached hydrogen (secondary N) is 2. The number of aromatic nitrogens is 3. The van der Waals surface area contributed by atoms with Crippen LogP contribution in [0.4, 0.5) is 13.2 Å². The molecule has 0 aliphatic rings. The summed E-state index contributed by atoms with van der Waals surface area (Å²) in [7, 11) is 0. The third kappa shape index (κ3) is 4.55. The molecule has 0 radical (unpaired) electrons. The molecule has 2 N–H and O–H groups in total. The van der Waals surface area contributed by atoms with Crippen molar-refractivity contribution in [3.63, 3.8) is 0 Å². The van der Waals surface area contributed by atoms with Crippen molar-refractivity contribution >= 4 is 40.1 Å². The smallest absolute Gasteiger partial charge is 0.344 e. The number of carbonyl (C=O) groups is 1. The third-order valence-corrected chi connectivity index (χ3v) is 4.72. The monoisotopic (exact) mass is 522 g/mol. The van der Waals surface area contributed by atoms with Crippen LogP contribution in [0.5, 0.6) is 0 Å². The Kier molecular flexibility index (Phi) is 5.79. The number of hydrogen-bond acceptors (Lipinski definition) is 3. The van der Waals surface area contributed by atoms with Gasteiger partial charge in [0, 0.05) is 15.7 Å². The lowest BCUT2D eigenvalue weighted by molar-refractivity contribution is -0.173. The number of halogens is 5. The van der Waals surface area contributed by atoms with Crippen LogP contribution in [0.3, 0.4) is 0 Å². The first-order valence-corrected chi connectivity index (χ1v) is 9.20. The quantitative estimate of drug-likeness (QED) is 0.514. The topological polar surface area (TPSA) is 79.8 Å². The molecular formula is C17H11ClF3IN4O2. The van der Waals surface area contributed by atoms with E-state index in [9.17, 15) is 22.8 Å². The minimum Gasteiger partial charge on any atom is -0.344 e. The summed E-state index contributed by atoms with van der Waals surface area (Å²) in [6.07, 6.45) is -4.98. The van der Waals surface area contributed by atoms with Gasteiger partial charge in [-0.05, 0) is 52.4 Å². The summed E-state index contributed by atoms with van der Waals surface area (Å²) >= 11 is 8.28. The van der Waals surface area contributed by atoms with Gasteiger partial charge in [0.25, 0.3) is 0 Å². The lowest BCUT2D eigenvalue weighted by atomic mass is 10.2. The van der Waals surface area contributed by atoms with E-state index in [0.29, 0.717) is 17.0 Å². The first-order valence-electron chi connectivity index (χ1n) is 7.74. The summed E-state index contributed by atoms with van der Waals surface area (Å²) in [6.45, 7) is -0.383. The number of rotatable bonds is 4. The Morgan fingerprint density at radius 2 is 1.89 bits per heavy atom. The number of amides is 1. The van der Waals surface area contributed by atoms with Crippen LogP contribution in [0.15, 0.2) is 47.3 Å². The van der Waals surface area contributed by atoms with Gasteiger partial charge in [0.15, 0.2) is 5.82 Å². The summed E-state index contributed by atoms with van der Waals surface area (Å²) in [6, 6.07) is 11.5. The van der Waals surface area contributed by atoms with Crippen LogP contribution in [0, 0.1) is 3.57 Å². The minimum atomic E-state index is -4.98. The molecule has 3 aromatic rings. The molecule has 1 aromatic heterocycles. The van der Waals surface area contributed by atoms with Crippen LogP contribution < -0.4 is 11.0 Å². The van der Waals surface area contributed by atoms with Crippen molar-refractivity contribution in [3.05, 3.63) is 67.1 Å². The predicted molar refractivity (Wildman–Crippen MR) is 105 cm³/mol. The Morgan fingerprint density at radius 3 is 2.54 bits per heavy atom. The van der Waals surface area contributed by atoms with Crippen molar-refractivity contribution in [2.45, 2.75) is 12.7 Å². The summed E-state index contributed by atoms with van der Waals surface area (Å²) < 4.78 is 39.0. The van der Waals surface area contributed by atoms with Gasteiger partial charge in [-0.15, -0.1) is 5.10 Å². The van der Waals surface area contributed by atoms with E-state index in [0.717, 1.165) is 8.25 Å². The molecule has 0 aliphatic heterocycles. The Morgan fingerprint density at radius 1 is 1.21 bits per heavy atom. The van der Waals surface area contributed by atoms with Crippen LogP contribution in [0.2, 0.25) is 5.02 Å². The van der Waals surface area contributed by atoms with E-state index in [4.69, 9.17) is 11.6 Å². The van der Waals surface area contributed by atoms with Crippen LogP contribution in [-0.4, -0.2) is 26.8 Å². The number of carbonyl (C=O) groups excluding carboxylic acids is 1. The van der Waals surface area contributed by atoms with Gasteiger partial charge in [-0.3, -0.25) is 9.78 Å². The summed E-state index contributed by atoms with van der Waals surface area (Å²) in [5, 5.41) is 6.15. The zero-order chi connectivity index (χ0) is 20.5. The van der Waals surface area contributed by atoms with Crippen molar-refractivity contribution in [2.24, 2.45) is 0 Å². The van der Waals surface area contributed by atoms with Crippen molar-refractivity contribution < 1.29 is 18.0 Å². The molecular weight excluding hydrogens is 512 g/mol. The molecule has 0 spiro atoms. The van der Waals surface area contributed by atoms with Gasteiger partial charge < -0.3 is 5.32 Å². The molecule has 0 saturated carbocycles. The second-order valence-electron chi connectivity index (χ2n) is 5.66. The second-order valence-corrected chi connectivity index (χ2v) is 7.32. The van der Waals surface area contributed by atoms with Crippen molar-refractivity contribution in [1.29, 1.82) is 0 Å². The highest BCUT2D eigenvalue weighted by Crippen LogP contribution is 2.22. The Bertz CT molecular complexity index is 1080. The average Bonchev–Trinajstić information content (AvgIpc) is 3.02. The fourth-order valence-corrected chi connectivity index (χ4v) is 2.90. The Balaban J connectivity index is 1.90. The summed E-state index contributed by atoms with van der Waals surface area (Å²) in [5.41, 5.74) is 0.620. The highest BCUT2D eigenvalue weighted by atomic mass is 127. The SMILES string of the molecule is O=C(NCc1ccc(Cl)c(-n2nc(-c3ccc(I)cc3)[nH]c2=O)c1)C(F)(F)F. The number of aromatic amines is 1. The highest BCUT2D eigenvalue weighted by Gasteiger charge is 2.38. The predicted octanol–water partition coefficient (Wildman–Crippen LogP) is 3.66. The molecule has 6 nitrogen and oxygen atoms in total. The lowest BCUT2D eigenvalue weighted by Gasteiger charge is -2.10. The normalized spacial score (nSPS) is 11.5. The molecule has 146 valence electrons. The maximum Gasteiger partial charge on any atom is 0.471 e. The number of alkyl halides is 3. The molecule has 0 bridgehead atoms. The molecule has 0 unspecified atom stereocenters. The van der Waals surface area contributed by atoms with Gasteiger partial charge in [0.1, 0.15) is 0 Å². The molecule has 0 atom stereocenters. The molecule has 2 aromatic carbocycles. The Labute approximate surface area is 174 Å². The van der Waals surface area contributed by atoms with Gasteiger partial charge in [-0.2, -0.15) is 17.9 Å². The van der Waals surface area contributed by atoms with Crippen LogP contribution in [-0.2, 0) is 11.3 Å². The van der Waals surface area contributed by atoms with Gasteiger partial charge in [-0.1, -0.05) is 29.8 Å². The molecule has 28 heavy (non-hydrogen) atoms. The Hall–Kier alpha value is -2.34. The van der Waals surface area contributed by atoms with E-state index in [2.05, 4.69) is 32.7 Å². The van der Waals surface area contributed by atoms with Gasteiger partial charge in [0.2, 0.25) is 0 Å². The second kappa shape index (κ2) is 7.95. The third-order valence-electron chi connectivity index (χ3n) is 3.68. The number of hydrogen-bond donors (Lipinski definition) is 2. The van der Waals surface area contributed by atoms with E-state index in [-0.39, 0.29) is 17.3 Å². The van der Waals surface area contributed by atoms with Crippen LogP contribution >= 0.6 is 34.2 Å². The van der Waals surface area contributed by atoms with Crippen LogP contribution in [0.25, 0.3) is 17.1 Å². The fourth-order valence-electron chi connectivity index (χ4n) is 2.34. The van der Waals surface area contributed by atoms with E-state index < -0.39 is 17.8 Å². The van der Waals surface area contributed by atoms with Crippen LogP contribution in [0.1, 0.15) is 5.56 Å². The number of benzene rings is 2. The first-order chi connectivity index (χ1) is 13.1. The standard InChI is InChI=1S/C17H11ClF3IN4O2/c18-12-6-1-9(8-23-15(27)17(19,20)21)7-13(12)26-16(28)24-14(25-26)10-2-4-11(22)5-3-10/h1-7H,8H2,(H,23,27)(H,24,25,28). The number of nitrogens with zero attached hydrogens (tertiary/aromatic N) is 2. The largest absolute Gasteiger partial charge is 0.471 e. The van der Waals surface area contributed by atoms with Gasteiger partial charge >= 0.3 is 17.8 Å². The van der Waals surface area contributed by atoms with Gasteiger partial charge in [-0.25, -0.2) is 4.79 Å². The highest BCUT2D eigenvalue weighted by molar-refractivity contribution is 14.1. The fraction of sp³-hybridized carbons (Fsp3) is 0.118. The maximum absolute atomic E-state index is 12.3. The molecule has 3 rings (SSSR count). The zero-order valence-corrected chi connectivity index (χ0v) is 16.8. The lowest BCUT2D eigenvalue weighted by Crippen LogP contribution is -2.36. The molecule has 0 saturated heterocycles. The van der Waals surface area contributed by atoms with Crippen molar-refractivity contribution in [2.75, 3.05) is 0 Å². The summed E-state index contributed by atoms with van der Waals surface area (Å²) in [5.74, 6) is -1.74. The molecule has 1 heterocycles. The molecule has 0 fully saturated rings. The molecule has 0 aliphatic carbocycles. The first kappa shape index (κ1) is 20.4. The molecule has 1 amide bonds. The van der Waals surface area contributed by atoms with E-state index in [1.165, 1.54) is 18.2 Å². The van der Waals surface area contributed by atoms with E-state index >= 15 is 0 Å². The number of H-pyrrole nitrogens is 1. The zero-order valence-electron chi connectivity index (χ0n) is 13.8. The van der Waals surface area contributed by atoms with Crippen molar-refractivity contribution in [1.82, 2.24) is 20.1 Å². The minimum absolute atomic E-state index is 0.175. The van der Waals surface area contributed by atoms with E-state index in [1.807, 2.05) is 12.1 Å². The van der Waals surface area contributed by atoms with Gasteiger partial charge in [0.05, 0.1) is 10.7 Å².